The lowest BCUT2D eigenvalue weighted by atomic mass is 10.1. The number of ether oxygens (including phenoxy) is 1. The van der Waals surface area contributed by atoms with E-state index in [1.807, 2.05) is 0 Å². The summed E-state index contributed by atoms with van der Waals surface area (Å²) >= 11 is 5.82. The van der Waals surface area contributed by atoms with Crippen LogP contribution in [0.1, 0.15) is 21.6 Å². The highest BCUT2D eigenvalue weighted by Crippen LogP contribution is 2.29. The van der Waals surface area contributed by atoms with Gasteiger partial charge in [0.15, 0.2) is 5.76 Å². The molecular formula is C18H11ClF3NO3. The molecular weight excluding hydrogens is 371 g/mol. The van der Waals surface area contributed by atoms with Gasteiger partial charge in [0.1, 0.15) is 12.3 Å². The van der Waals surface area contributed by atoms with Gasteiger partial charge in [-0.25, -0.2) is 4.79 Å². The number of carbonyl (C=O) groups is 1. The number of benzene rings is 2. The molecule has 0 fully saturated rings. The molecule has 0 radical (unpaired) electrons. The number of carbonyl (C=O) groups excluding carboxylic acids is 1. The molecule has 0 unspecified atom stereocenters. The first-order valence-corrected chi connectivity index (χ1v) is 7.76. The quantitative estimate of drug-likeness (QED) is 0.570. The topological polar surface area (TPSA) is 52.3 Å². The Balaban J connectivity index is 1.62. The zero-order chi connectivity index (χ0) is 18.7. The Labute approximate surface area is 151 Å². The molecule has 0 spiro atoms. The number of hydrogen-bond donors (Lipinski definition) is 0. The van der Waals surface area contributed by atoms with Crippen LogP contribution < -0.4 is 0 Å². The van der Waals surface area contributed by atoms with Gasteiger partial charge in [-0.3, -0.25) is 0 Å². The second kappa shape index (κ2) is 7.21. The predicted molar refractivity (Wildman–Crippen MR) is 87.5 cm³/mol. The van der Waals surface area contributed by atoms with Crippen molar-refractivity contribution in [3.8, 4) is 11.3 Å². The van der Waals surface area contributed by atoms with Crippen molar-refractivity contribution in [1.29, 1.82) is 0 Å². The van der Waals surface area contributed by atoms with Crippen molar-refractivity contribution in [1.82, 2.24) is 5.16 Å². The van der Waals surface area contributed by atoms with Crippen molar-refractivity contribution in [2.75, 3.05) is 0 Å². The molecule has 26 heavy (non-hydrogen) atoms. The molecule has 1 heterocycles. The molecule has 1 aromatic heterocycles. The third-order valence-corrected chi connectivity index (χ3v) is 3.74. The van der Waals surface area contributed by atoms with Crippen LogP contribution in [0.3, 0.4) is 0 Å². The number of alkyl halides is 3. The Bertz CT molecular complexity index is 903. The minimum absolute atomic E-state index is 0.0134. The molecule has 3 rings (SSSR count). The van der Waals surface area contributed by atoms with Crippen LogP contribution in [-0.2, 0) is 17.5 Å². The Kier molecular flexibility index (Phi) is 4.99. The third kappa shape index (κ3) is 4.23. The molecule has 0 aliphatic rings. The molecule has 8 heteroatoms. The molecule has 0 aliphatic heterocycles. The molecule has 4 nitrogen and oxygen atoms in total. The van der Waals surface area contributed by atoms with E-state index in [0.717, 1.165) is 29.8 Å². The van der Waals surface area contributed by atoms with Gasteiger partial charge in [0.2, 0.25) is 0 Å². The maximum Gasteiger partial charge on any atom is 0.416 e. The second-order valence-corrected chi connectivity index (χ2v) is 5.78. The summed E-state index contributed by atoms with van der Waals surface area (Å²) in [6, 6.07) is 12.3. The van der Waals surface area contributed by atoms with Crippen LogP contribution in [0.2, 0.25) is 5.02 Å². The Morgan fingerprint density at radius 3 is 2.35 bits per heavy atom. The maximum absolute atomic E-state index is 12.5. The lowest BCUT2D eigenvalue weighted by Gasteiger charge is -2.07. The van der Waals surface area contributed by atoms with E-state index in [0.29, 0.717) is 16.5 Å². The van der Waals surface area contributed by atoms with E-state index in [1.165, 1.54) is 0 Å². The summed E-state index contributed by atoms with van der Waals surface area (Å²) in [6.07, 6.45) is -4.46. The SMILES string of the molecule is O=C(OCc1cc(-c2ccc(Cl)cc2)on1)c1ccc(C(F)(F)F)cc1. The van der Waals surface area contributed by atoms with Crippen molar-refractivity contribution in [3.05, 3.63) is 76.4 Å². The minimum Gasteiger partial charge on any atom is -0.455 e. The first kappa shape index (κ1) is 18.0. The lowest BCUT2D eigenvalue weighted by molar-refractivity contribution is -0.137. The van der Waals surface area contributed by atoms with E-state index < -0.39 is 17.7 Å². The Hall–Kier alpha value is -2.80. The van der Waals surface area contributed by atoms with Gasteiger partial charge in [0.25, 0.3) is 0 Å². The van der Waals surface area contributed by atoms with Crippen LogP contribution in [-0.4, -0.2) is 11.1 Å². The van der Waals surface area contributed by atoms with Crippen LogP contribution in [0.15, 0.2) is 59.1 Å². The van der Waals surface area contributed by atoms with E-state index in [2.05, 4.69) is 5.16 Å². The molecule has 2 aromatic carbocycles. The highest BCUT2D eigenvalue weighted by atomic mass is 35.5. The molecule has 0 aliphatic carbocycles. The summed E-state index contributed by atoms with van der Waals surface area (Å²) in [5.74, 6) is -0.281. The average Bonchev–Trinajstić information content (AvgIpc) is 3.08. The standard InChI is InChI=1S/C18H11ClF3NO3/c19-14-7-3-11(4-8-14)16-9-15(23-26-16)10-25-17(24)12-1-5-13(6-2-12)18(20,21)22/h1-9H,10H2. The van der Waals surface area contributed by atoms with Gasteiger partial charge in [-0.2, -0.15) is 13.2 Å². The van der Waals surface area contributed by atoms with Gasteiger partial charge >= 0.3 is 12.1 Å². The van der Waals surface area contributed by atoms with Crippen molar-refractivity contribution >= 4 is 17.6 Å². The van der Waals surface area contributed by atoms with Gasteiger partial charge < -0.3 is 9.26 Å². The smallest absolute Gasteiger partial charge is 0.416 e. The van der Waals surface area contributed by atoms with Crippen LogP contribution in [0.4, 0.5) is 13.2 Å². The van der Waals surface area contributed by atoms with Gasteiger partial charge in [-0.1, -0.05) is 16.8 Å². The largest absolute Gasteiger partial charge is 0.455 e. The van der Waals surface area contributed by atoms with E-state index in [-0.39, 0.29) is 12.2 Å². The van der Waals surface area contributed by atoms with E-state index in [4.69, 9.17) is 20.9 Å². The second-order valence-electron chi connectivity index (χ2n) is 5.34. The molecule has 0 saturated carbocycles. The summed E-state index contributed by atoms with van der Waals surface area (Å²) in [4.78, 5) is 11.9. The van der Waals surface area contributed by atoms with Crippen LogP contribution in [0, 0.1) is 0 Å². The summed E-state index contributed by atoms with van der Waals surface area (Å²) in [6.45, 7) is -0.170. The number of halogens is 4. The fraction of sp³-hybridized carbons (Fsp3) is 0.111. The summed E-state index contributed by atoms with van der Waals surface area (Å²) < 4.78 is 47.8. The van der Waals surface area contributed by atoms with E-state index in [1.54, 1.807) is 30.3 Å². The lowest BCUT2D eigenvalue weighted by Crippen LogP contribution is -2.08. The van der Waals surface area contributed by atoms with Crippen molar-refractivity contribution in [2.45, 2.75) is 12.8 Å². The molecule has 0 atom stereocenters. The normalized spacial score (nSPS) is 11.4. The van der Waals surface area contributed by atoms with E-state index >= 15 is 0 Å². The third-order valence-electron chi connectivity index (χ3n) is 3.49. The molecule has 134 valence electrons. The Morgan fingerprint density at radius 1 is 1.08 bits per heavy atom. The van der Waals surface area contributed by atoms with Gasteiger partial charge in [-0.15, -0.1) is 0 Å². The summed E-state index contributed by atoms with van der Waals surface area (Å²) in [5.41, 5.74) is 0.301. The number of esters is 1. The van der Waals surface area contributed by atoms with Crippen molar-refractivity contribution in [3.63, 3.8) is 0 Å². The first-order valence-electron chi connectivity index (χ1n) is 7.39. The zero-order valence-corrected chi connectivity index (χ0v) is 13.8. The van der Waals surface area contributed by atoms with Gasteiger partial charge in [0.05, 0.1) is 11.1 Å². The number of nitrogens with zero attached hydrogens (tertiary/aromatic N) is 1. The number of rotatable bonds is 4. The molecule has 0 bridgehead atoms. The first-order chi connectivity index (χ1) is 12.3. The zero-order valence-electron chi connectivity index (χ0n) is 13.1. The summed E-state index contributed by atoms with van der Waals surface area (Å²) in [7, 11) is 0. The molecule has 0 N–H and O–H groups in total. The minimum atomic E-state index is -4.46. The van der Waals surface area contributed by atoms with Crippen LogP contribution in [0.5, 0.6) is 0 Å². The molecule has 0 amide bonds. The van der Waals surface area contributed by atoms with Crippen molar-refractivity contribution < 1.29 is 27.2 Å². The Morgan fingerprint density at radius 2 is 1.73 bits per heavy atom. The van der Waals surface area contributed by atoms with E-state index in [9.17, 15) is 18.0 Å². The monoisotopic (exact) mass is 381 g/mol. The van der Waals surface area contributed by atoms with Crippen molar-refractivity contribution in [2.24, 2.45) is 0 Å². The maximum atomic E-state index is 12.5. The fourth-order valence-electron chi connectivity index (χ4n) is 2.15. The molecule has 0 saturated heterocycles. The fourth-order valence-corrected chi connectivity index (χ4v) is 2.27. The van der Waals surface area contributed by atoms with Gasteiger partial charge in [-0.05, 0) is 48.5 Å². The van der Waals surface area contributed by atoms with Crippen LogP contribution in [0.25, 0.3) is 11.3 Å². The number of hydrogen-bond acceptors (Lipinski definition) is 4. The van der Waals surface area contributed by atoms with Gasteiger partial charge in [0, 0.05) is 16.7 Å². The number of aromatic nitrogens is 1. The highest BCUT2D eigenvalue weighted by molar-refractivity contribution is 6.30. The predicted octanol–water partition coefficient (Wildman–Crippen LogP) is 5.37. The van der Waals surface area contributed by atoms with Crippen LogP contribution >= 0.6 is 11.6 Å². The average molecular weight is 382 g/mol. The highest BCUT2D eigenvalue weighted by Gasteiger charge is 2.30. The summed E-state index contributed by atoms with van der Waals surface area (Å²) in [5, 5.41) is 4.38. The molecule has 3 aromatic rings.